The molecule has 0 bridgehead atoms. The molecular weight excluding hydrogens is 202 g/mol. The molecule has 0 saturated heterocycles. The van der Waals surface area contributed by atoms with Gasteiger partial charge in [-0.05, 0) is 6.92 Å². The van der Waals surface area contributed by atoms with Gasteiger partial charge in [-0.1, -0.05) is 6.07 Å². The molecule has 0 aliphatic carbocycles. The lowest BCUT2D eigenvalue weighted by atomic mass is 10.4. The van der Waals surface area contributed by atoms with Gasteiger partial charge in [0.05, 0.1) is 10.1 Å². The highest BCUT2D eigenvalue weighted by molar-refractivity contribution is 7.84. The minimum absolute atomic E-state index is 0.604. The fraction of sp³-hybridized carbons (Fsp3) is 0.444. The Bertz CT molecular complexity index is 365. The van der Waals surface area contributed by atoms with Crippen LogP contribution in [-0.4, -0.2) is 19.2 Å². The van der Waals surface area contributed by atoms with E-state index in [-0.39, 0.29) is 0 Å². The number of rotatable bonds is 1. The van der Waals surface area contributed by atoms with E-state index in [1.165, 1.54) is 5.69 Å². The molecule has 0 spiro atoms. The average molecular weight is 217 g/mol. The van der Waals surface area contributed by atoms with E-state index in [1.807, 2.05) is 0 Å². The molecule has 1 rings (SSSR count). The molecule has 1 heterocycles. The lowest BCUT2D eigenvalue weighted by molar-refractivity contribution is -0.699. The molecule has 0 aromatic carbocycles. The van der Waals surface area contributed by atoms with E-state index >= 15 is 0 Å². The summed E-state index contributed by atoms with van der Waals surface area (Å²) in [6.45, 7) is 5.32. The van der Waals surface area contributed by atoms with E-state index < -0.39 is 10.1 Å². The topological polar surface area (TPSA) is 61.1 Å². The van der Waals surface area contributed by atoms with Gasteiger partial charge in [0.15, 0.2) is 11.9 Å². The maximum absolute atomic E-state index is 9.08. The van der Waals surface area contributed by atoms with Crippen LogP contribution in [0.1, 0.15) is 12.6 Å². The van der Waals surface area contributed by atoms with E-state index in [4.69, 9.17) is 13.0 Å². The number of hydrogen-bond donors (Lipinski definition) is 0. The predicted octanol–water partition coefficient (Wildman–Crippen LogP) is 0.464. The van der Waals surface area contributed by atoms with E-state index in [9.17, 15) is 0 Å². The number of pyridine rings is 1. The highest BCUT2D eigenvalue weighted by atomic mass is 32.2. The van der Waals surface area contributed by atoms with Crippen molar-refractivity contribution in [2.45, 2.75) is 20.4 Å². The maximum atomic E-state index is 9.08. The highest BCUT2D eigenvalue weighted by Crippen LogP contribution is 1.85. The quantitative estimate of drug-likeness (QED) is 0.507. The van der Waals surface area contributed by atoms with Crippen molar-refractivity contribution >= 4 is 10.1 Å². The molecule has 0 amide bonds. The normalized spacial score (nSPS) is 10.3. The molecule has 1 aromatic rings. The fourth-order valence-electron chi connectivity index (χ4n) is 0.917. The van der Waals surface area contributed by atoms with Crippen LogP contribution in [0.3, 0.4) is 0 Å². The number of hydrogen-bond acceptors (Lipinski definition) is 3. The lowest BCUT2D eigenvalue weighted by Crippen LogP contribution is -2.34. The van der Waals surface area contributed by atoms with Crippen molar-refractivity contribution in [1.29, 1.82) is 0 Å². The predicted molar refractivity (Wildman–Crippen MR) is 52.7 cm³/mol. The molecule has 0 aliphatic heterocycles. The van der Waals surface area contributed by atoms with Crippen LogP contribution in [0.15, 0.2) is 24.4 Å². The van der Waals surface area contributed by atoms with Crippen LogP contribution in [0.25, 0.3) is 0 Å². The molecule has 80 valence electrons. The van der Waals surface area contributed by atoms with Crippen molar-refractivity contribution in [3.8, 4) is 0 Å². The van der Waals surface area contributed by atoms with Gasteiger partial charge in [-0.2, -0.15) is 0 Å². The zero-order valence-electron chi connectivity index (χ0n) is 8.60. The minimum Gasteiger partial charge on any atom is -0.748 e. The van der Waals surface area contributed by atoms with Gasteiger partial charge >= 0.3 is 0 Å². The highest BCUT2D eigenvalue weighted by Gasteiger charge is 1.96. The number of aromatic nitrogens is 1. The summed E-state index contributed by atoms with van der Waals surface area (Å²) in [6.07, 6.45) is 2.70. The second-order valence-electron chi connectivity index (χ2n) is 2.83. The average Bonchev–Trinajstić information content (AvgIpc) is 2.02. The van der Waals surface area contributed by atoms with Gasteiger partial charge in [-0.25, -0.2) is 13.0 Å². The molecule has 0 saturated carbocycles. The van der Waals surface area contributed by atoms with Crippen molar-refractivity contribution in [2.24, 2.45) is 0 Å². The Morgan fingerprint density at radius 2 is 1.93 bits per heavy atom. The molecule has 5 heteroatoms. The van der Waals surface area contributed by atoms with Crippen LogP contribution in [0.4, 0.5) is 0 Å². The van der Waals surface area contributed by atoms with Crippen molar-refractivity contribution < 1.29 is 17.5 Å². The second kappa shape index (κ2) is 5.72. The van der Waals surface area contributed by atoms with E-state index in [0.29, 0.717) is 6.26 Å². The third kappa shape index (κ3) is 7.70. The van der Waals surface area contributed by atoms with Crippen LogP contribution >= 0.6 is 0 Å². The van der Waals surface area contributed by atoms with E-state index in [2.05, 4.69) is 42.8 Å². The third-order valence-corrected chi connectivity index (χ3v) is 1.51. The molecule has 4 nitrogen and oxygen atoms in total. The third-order valence-electron chi connectivity index (χ3n) is 1.51. The Hall–Kier alpha value is -0.940. The first-order valence-corrected chi connectivity index (χ1v) is 6.02. The Morgan fingerprint density at radius 1 is 1.43 bits per heavy atom. The molecule has 0 unspecified atom stereocenters. The zero-order valence-corrected chi connectivity index (χ0v) is 9.41. The molecule has 0 atom stereocenters. The Balaban J connectivity index is 0.000000292. The Labute approximate surface area is 85.0 Å². The summed E-state index contributed by atoms with van der Waals surface area (Å²) in [5.41, 5.74) is 1.32. The number of aryl methyl sites for hydroxylation is 2. The fourth-order valence-corrected chi connectivity index (χ4v) is 0.917. The Kier molecular flexibility index (Phi) is 5.34. The van der Waals surface area contributed by atoms with E-state index in [0.717, 1.165) is 6.54 Å². The van der Waals surface area contributed by atoms with Crippen molar-refractivity contribution in [2.75, 3.05) is 6.26 Å². The van der Waals surface area contributed by atoms with Gasteiger partial charge < -0.3 is 4.55 Å². The summed E-state index contributed by atoms with van der Waals surface area (Å²) < 4.78 is 29.4. The van der Waals surface area contributed by atoms with Gasteiger partial charge in [0.1, 0.15) is 6.54 Å². The molecule has 0 aliphatic rings. The van der Waals surface area contributed by atoms with Crippen molar-refractivity contribution in [3.05, 3.63) is 30.1 Å². The van der Waals surface area contributed by atoms with E-state index in [1.54, 1.807) is 0 Å². The monoisotopic (exact) mass is 217 g/mol. The lowest BCUT2D eigenvalue weighted by Gasteiger charge is -1.92. The smallest absolute Gasteiger partial charge is 0.178 e. The second-order valence-corrected chi connectivity index (χ2v) is 4.24. The molecule has 14 heavy (non-hydrogen) atoms. The van der Waals surface area contributed by atoms with Crippen LogP contribution in [0, 0.1) is 6.92 Å². The summed E-state index contributed by atoms with van der Waals surface area (Å²) in [5.74, 6) is 0. The summed E-state index contributed by atoms with van der Waals surface area (Å²) in [6, 6.07) is 6.22. The van der Waals surface area contributed by atoms with Gasteiger partial charge in [-0.3, -0.25) is 0 Å². The van der Waals surface area contributed by atoms with Crippen LogP contribution in [0.5, 0.6) is 0 Å². The standard InChI is InChI=1S/C8H12N.CH4O3S/c1-3-9-7-5-4-6-8(9)2;1-5(2,3)4/h4-7H,3H2,1-2H3;1H3,(H,2,3,4)/q+1;/p-1. The van der Waals surface area contributed by atoms with Gasteiger partial charge in [0.25, 0.3) is 0 Å². The molecule has 0 fully saturated rings. The van der Waals surface area contributed by atoms with Crippen LogP contribution in [-0.2, 0) is 16.7 Å². The SMILES string of the molecule is CC[n+]1ccccc1C.CS(=O)(=O)[O-]. The maximum Gasteiger partial charge on any atom is 0.178 e. The minimum atomic E-state index is -3.92. The molecule has 1 aromatic heterocycles. The zero-order chi connectivity index (χ0) is 11.2. The van der Waals surface area contributed by atoms with Crippen LogP contribution in [0.2, 0.25) is 0 Å². The molecule has 0 N–H and O–H groups in total. The first kappa shape index (κ1) is 13.1. The largest absolute Gasteiger partial charge is 0.748 e. The molecule has 0 radical (unpaired) electrons. The molecular formula is C9H15NO3S. The van der Waals surface area contributed by atoms with Gasteiger partial charge in [0.2, 0.25) is 0 Å². The summed E-state index contributed by atoms with van der Waals surface area (Å²) in [5, 5.41) is 0. The number of nitrogens with zero attached hydrogens (tertiary/aromatic N) is 1. The van der Waals surface area contributed by atoms with Gasteiger partial charge in [-0.15, -0.1) is 0 Å². The first-order chi connectivity index (χ1) is 6.34. The Morgan fingerprint density at radius 3 is 2.21 bits per heavy atom. The summed E-state index contributed by atoms with van der Waals surface area (Å²) >= 11 is 0. The summed E-state index contributed by atoms with van der Waals surface area (Å²) in [7, 11) is -3.92. The van der Waals surface area contributed by atoms with Crippen molar-refractivity contribution in [1.82, 2.24) is 0 Å². The van der Waals surface area contributed by atoms with Crippen LogP contribution < -0.4 is 4.57 Å². The van der Waals surface area contributed by atoms with Gasteiger partial charge in [0, 0.05) is 25.3 Å². The first-order valence-electron chi connectivity index (χ1n) is 4.20. The summed E-state index contributed by atoms with van der Waals surface area (Å²) in [4.78, 5) is 0. The van der Waals surface area contributed by atoms with Crippen molar-refractivity contribution in [3.63, 3.8) is 0 Å².